The zero-order valence-electron chi connectivity index (χ0n) is 8.98. The monoisotopic (exact) mass is 243 g/mol. The summed E-state index contributed by atoms with van der Waals surface area (Å²) in [5.41, 5.74) is 0.256. The highest BCUT2D eigenvalue weighted by atomic mass is 35.5. The quantitative estimate of drug-likeness (QED) is 0.817. The molecule has 1 aromatic rings. The molecule has 0 aromatic carbocycles. The molecule has 0 saturated heterocycles. The molecule has 0 bridgehead atoms. The number of rotatable bonds is 3. The van der Waals surface area contributed by atoms with Crippen molar-refractivity contribution < 1.29 is 5.11 Å². The Morgan fingerprint density at radius 2 is 2.38 bits per heavy atom. The van der Waals surface area contributed by atoms with Gasteiger partial charge in [0.15, 0.2) is 0 Å². The predicted molar refractivity (Wildman–Crippen MR) is 61.7 cm³/mol. The van der Waals surface area contributed by atoms with E-state index in [2.05, 4.69) is 10.4 Å². The number of aliphatic hydroxyl groups excluding tert-OH is 1. The van der Waals surface area contributed by atoms with Crippen LogP contribution in [0, 0.1) is 5.92 Å². The van der Waals surface area contributed by atoms with Crippen LogP contribution in [0.4, 0.5) is 5.69 Å². The highest BCUT2D eigenvalue weighted by Crippen LogP contribution is 2.27. The molecule has 1 saturated carbocycles. The van der Waals surface area contributed by atoms with Crippen LogP contribution in [0.1, 0.15) is 12.8 Å². The van der Waals surface area contributed by atoms with Crippen molar-refractivity contribution in [3.8, 4) is 0 Å². The van der Waals surface area contributed by atoms with E-state index in [-0.39, 0.29) is 16.7 Å². The highest BCUT2D eigenvalue weighted by Gasteiger charge is 2.26. The summed E-state index contributed by atoms with van der Waals surface area (Å²) in [4.78, 5) is 11.5. The van der Waals surface area contributed by atoms with Gasteiger partial charge in [-0.1, -0.05) is 11.6 Å². The Hall–Kier alpha value is -1.07. The van der Waals surface area contributed by atoms with Gasteiger partial charge in [-0.05, 0) is 18.8 Å². The van der Waals surface area contributed by atoms with E-state index in [4.69, 9.17) is 16.7 Å². The molecule has 2 N–H and O–H groups in total. The van der Waals surface area contributed by atoms with Crippen LogP contribution >= 0.6 is 11.6 Å². The molecule has 2 rings (SSSR count). The van der Waals surface area contributed by atoms with Gasteiger partial charge in [-0.2, -0.15) is 5.10 Å². The molecule has 88 valence electrons. The molecule has 0 spiro atoms. The van der Waals surface area contributed by atoms with E-state index in [0.717, 1.165) is 12.8 Å². The summed E-state index contributed by atoms with van der Waals surface area (Å²) < 4.78 is 1.20. The molecule has 0 atom stereocenters. The maximum absolute atomic E-state index is 11.5. The Bertz CT molecular complexity index is 440. The third kappa shape index (κ3) is 2.20. The van der Waals surface area contributed by atoms with Gasteiger partial charge in [-0.15, -0.1) is 0 Å². The maximum atomic E-state index is 11.5. The van der Waals surface area contributed by atoms with Crippen LogP contribution in [0.5, 0.6) is 0 Å². The third-order valence-corrected chi connectivity index (χ3v) is 3.24. The lowest BCUT2D eigenvalue weighted by molar-refractivity contribution is 0.0487. The van der Waals surface area contributed by atoms with Gasteiger partial charge in [0.2, 0.25) is 0 Å². The first kappa shape index (κ1) is 11.4. The Morgan fingerprint density at radius 1 is 1.69 bits per heavy atom. The minimum atomic E-state index is -0.305. The minimum absolute atomic E-state index is 0.163. The number of hydrogen-bond acceptors (Lipinski definition) is 4. The molecule has 0 radical (unpaired) electrons. The summed E-state index contributed by atoms with van der Waals surface area (Å²) in [6, 6.07) is 0. The number of aryl methyl sites for hydroxylation is 1. The Balaban J connectivity index is 1.99. The molecule has 1 aliphatic rings. The van der Waals surface area contributed by atoms with Crippen LogP contribution in [0.25, 0.3) is 0 Å². The SMILES string of the molecule is Cn1ncc(NCC2CC(O)C2)c(Cl)c1=O. The molecule has 1 aromatic heterocycles. The fraction of sp³-hybridized carbons (Fsp3) is 0.600. The normalized spacial score (nSPS) is 23.9. The third-order valence-electron chi connectivity index (χ3n) is 2.87. The molecule has 0 amide bonds. The van der Waals surface area contributed by atoms with Crippen LogP contribution < -0.4 is 10.9 Å². The van der Waals surface area contributed by atoms with Crippen molar-refractivity contribution in [1.82, 2.24) is 9.78 Å². The van der Waals surface area contributed by atoms with Crippen molar-refractivity contribution in [3.05, 3.63) is 21.6 Å². The van der Waals surface area contributed by atoms with Crippen molar-refractivity contribution >= 4 is 17.3 Å². The van der Waals surface area contributed by atoms with E-state index >= 15 is 0 Å². The average Bonchev–Trinajstić information content (AvgIpc) is 2.22. The Kier molecular flexibility index (Phi) is 3.16. The van der Waals surface area contributed by atoms with Gasteiger partial charge in [-0.25, -0.2) is 4.68 Å². The van der Waals surface area contributed by atoms with E-state index in [1.165, 1.54) is 4.68 Å². The first-order valence-electron chi connectivity index (χ1n) is 5.21. The lowest BCUT2D eigenvalue weighted by atomic mass is 9.82. The summed E-state index contributed by atoms with van der Waals surface area (Å²) >= 11 is 5.89. The van der Waals surface area contributed by atoms with E-state index < -0.39 is 0 Å². The Labute approximate surface area is 98.0 Å². The number of anilines is 1. The summed E-state index contributed by atoms with van der Waals surface area (Å²) in [5, 5.41) is 16.3. The largest absolute Gasteiger partial charge is 0.393 e. The molecule has 0 unspecified atom stereocenters. The van der Waals surface area contributed by atoms with Crippen molar-refractivity contribution in [2.45, 2.75) is 18.9 Å². The fourth-order valence-electron chi connectivity index (χ4n) is 1.76. The van der Waals surface area contributed by atoms with Crippen LogP contribution in [-0.2, 0) is 7.05 Å². The second kappa shape index (κ2) is 4.43. The molecule has 6 heteroatoms. The van der Waals surface area contributed by atoms with Crippen molar-refractivity contribution in [2.75, 3.05) is 11.9 Å². The van der Waals surface area contributed by atoms with Gasteiger partial charge >= 0.3 is 0 Å². The standard InChI is InChI=1S/C10H14ClN3O2/c1-14-10(16)9(11)8(5-13-14)12-4-6-2-7(15)3-6/h5-7,12,15H,2-4H2,1H3. The average molecular weight is 244 g/mol. The molecule has 0 aliphatic heterocycles. The molecule has 1 fully saturated rings. The van der Waals surface area contributed by atoms with Crippen molar-refractivity contribution in [2.24, 2.45) is 13.0 Å². The fourth-order valence-corrected chi connectivity index (χ4v) is 1.99. The van der Waals surface area contributed by atoms with Crippen LogP contribution in [-0.4, -0.2) is 27.5 Å². The number of hydrogen-bond donors (Lipinski definition) is 2. The van der Waals surface area contributed by atoms with Crippen LogP contribution in [0.3, 0.4) is 0 Å². The molecule has 5 nitrogen and oxygen atoms in total. The number of nitrogens with zero attached hydrogens (tertiary/aromatic N) is 2. The number of aliphatic hydroxyl groups is 1. The Morgan fingerprint density at radius 3 is 3.00 bits per heavy atom. The molecule has 1 heterocycles. The van der Waals surface area contributed by atoms with Gasteiger partial charge < -0.3 is 10.4 Å². The smallest absolute Gasteiger partial charge is 0.287 e. The van der Waals surface area contributed by atoms with E-state index in [0.29, 0.717) is 18.2 Å². The molecule has 16 heavy (non-hydrogen) atoms. The van der Waals surface area contributed by atoms with Gasteiger partial charge in [-0.3, -0.25) is 4.79 Å². The zero-order chi connectivity index (χ0) is 11.7. The molecular formula is C10H14ClN3O2. The summed E-state index contributed by atoms with van der Waals surface area (Å²) in [6.45, 7) is 0.714. The highest BCUT2D eigenvalue weighted by molar-refractivity contribution is 6.32. The second-order valence-electron chi connectivity index (χ2n) is 4.17. The topological polar surface area (TPSA) is 67.2 Å². The maximum Gasteiger partial charge on any atom is 0.287 e. The van der Waals surface area contributed by atoms with Gasteiger partial charge in [0.25, 0.3) is 5.56 Å². The van der Waals surface area contributed by atoms with Crippen LogP contribution in [0.2, 0.25) is 5.02 Å². The summed E-state index contributed by atoms with van der Waals surface area (Å²) in [5.74, 6) is 0.454. The molecular weight excluding hydrogens is 230 g/mol. The number of aromatic nitrogens is 2. The van der Waals surface area contributed by atoms with Gasteiger partial charge in [0, 0.05) is 13.6 Å². The first-order chi connectivity index (χ1) is 7.58. The molecule has 1 aliphatic carbocycles. The number of halogens is 1. The van der Waals surface area contributed by atoms with E-state index in [1.807, 2.05) is 0 Å². The second-order valence-corrected chi connectivity index (χ2v) is 4.55. The van der Waals surface area contributed by atoms with Crippen LogP contribution in [0.15, 0.2) is 11.0 Å². The van der Waals surface area contributed by atoms with Crippen molar-refractivity contribution in [3.63, 3.8) is 0 Å². The van der Waals surface area contributed by atoms with Crippen molar-refractivity contribution in [1.29, 1.82) is 0 Å². The van der Waals surface area contributed by atoms with E-state index in [9.17, 15) is 4.79 Å². The predicted octanol–water partition coefficient (Wildman–Crippen LogP) is 0.616. The van der Waals surface area contributed by atoms with Gasteiger partial charge in [0.1, 0.15) is 5.02 Å². The van der Waals surface area contributed by atoms with E-state index in [1.54, 1.807) is 13.2 Å². The zero-order valence-corrected chi connectivity index (χ0v) is 9.74. The summed E-state index contributed by atoms with van der Waals surface area (Å²) in [6.07, 6.45) is 2.99. The first-order valence-corrected chi connectivity index (χ1v) is 5.59. The number of nitrogens with one attached hydrogen (secondary N) is 1. The van der Waals surface area contributed by atoms with Gasteiger partial charge in [0.05, 0.1) is 18.0 Å². The summed E-state index contributed by atoms with van der Waals surface area (Å²) in [7, 11) is 1.56. The lowest BCUT2D eigenvalue weighted by Gasteiger charge is -2.31. The minimum Gasteiger partial charge on any atom is -0.393 e. The lowest BCUT2D eigenvalue weighted by Crippen LogP contribution is -2.33.